The molecule has 0 aromatic carbocycles. The molecule has 16 heteroatoms. The van der Waals surface area contributed by atoms with Gasteiger partial charge in [0.05, 0.1) is 53.5 Å². The van der Waals surface area contributed by atoms with Gasteiger partial charge in [0.15, 0.2) is 30.4 Å². The van der Waals surface area contributed by atoms with Gasteiger partial charge in [-0.2, -0.15) is 0 Å². The number of fused-ring (bicyclic) bond motifs is 2. The normalized spacial score (nSPS) is 48.5. The van der Waals surface area contributed by atoms with Crippen LogP contribution in [-0.2, 0) is 57.0 Å². The Morgan fingerprint density at radius 3 is 2.13 bits per heavy atom. The van der Waals surface area contributed by atoms with Crippen LogP contribution in [0.4, 0.5) is 9.59 Å². The fourth-order valence-corrected chi connectivity index (χ4v) is 9.52. The molecule has 0 aromatic heterocycles. The first kappa shape index (κ1) is 43.5. The number of aliphatic hydroxyl groups excluding tert-OH is 1. The summed E-state index contributed by atoms with van der Waals surface area (Å²) in [4.78, 5) is 55.8. The van der Waals surface area contributed by atoms with E-state index in [1.807, 2.05) is 20.8 Å². The average molecular weight is 786 g/mol. The Labute approximate surface area is 324 Å². The summed E-state index contributed by atoms with van der Waals surface area (Å²) in [6.45, 7) is 17.6. The number of carbonyl (C=O) groups excluding carboxylic acids is 4. The highest BCUT2D eigenvalue weighted by atomic mass is 16.8. The summed E-state index contributed by atoms with van der Waals surface area (Å²) in [7, 11) is 4.70. The fraction of sp³-hybridized carbons (Fsp3) is 0.897. The van der Waals surface area contributed by atoms with Gasteiger partial charge in [0, 0.05) is 39.5 Å². The Kier molecular flexibility index (Phi) is 12.9. The van der Waals surface area contributed by atoms with Crippen LogP contribution >= 0.6 is 0 Å². The Morgan fingerprint density at radius 2 is 1.51 bits per heavy atom. The molecule has 5 fully saturated rings. The molecular weight excluding hydrogens is 722 g/mol. The smallest absolute Gasteiger partial charge is 0.458 e. The number of cyclic esters (lactones) is 1. The summed E-state index contributed by atoms with van der Waals surface area (Å²) in [5, 5.41) is 11.0. The topological polar surface area (TPSA) is 184 Å². The second-order valence-electron chi connectivity index (χ2n) is 17.0. The van der Waals surface area contributed by atoms with E-state index >= 15 is 0 Å². The van der Waals surface area contributed by atoms with Gasteiger partial charge >= 0.3 is 18.2 Å². The van der Waals surface area contributed by atoms with Crippen molar-refractivity contribution >= 4 is 24.0 Å². The van der Waals surface area contributed by atoms with Gasteiger partial charge in [-0.25, -0.2) is 9.59 Å². The van der Waals surface area contributed by atoms with E-state index in [1.54, 1.807) is 60.4 Å². The van der Waals surface area contributed by atoms with Crippen molar-refractivity contribution in [2.45, 2.75) is 179 Å². The van der Waals surface area contributed by atoms with Crippen LogP contribution in [-0.4, -0.2) is 140 Å². The molecule has 0 bridgehead atoms. The van der Waals surface area contributed by atoms with E-state index in [0.29, 0.717) is 6.42 Å². The van der Waals surface area contributed by atoms with Crippen LogP contribution in [0.5, 0.6) is 0 Å². The van der Waals surface area contributed by atoms with Crippen molar-refractivity contribution in [3.63, 3.8) is 0 Å². The number of aliphatic hydroxyl groups is 1. The van der Waals surface area contributed by atoms with E-state index in [2.05, 4.69) is 0 Å². The molecular formula is C39H63NO15. The summed E-state index contributed by atoms with van der Waals surface area (Å²) in [5.74, 6) is -4.11. The molecule has 1 amide bonds. The maximum atomic E-state index is 14.4. The molecule has 0 unspecified atom stereocenters. The van der Waals surface area contributed by atoms with Gasteiger partial charge in [-0.05, 0) is 60.8 Å². The first-order chi connectivity index (χ1) is 25.6. The number of methoxy groups -OCH3 is 2. The monoisotopic (exact) mass is 785 g/mol. The molecule has 1 N–H and O–H groups in total. The zero-order valence-corrected chi connectivity index (χ0v) is 34.6. The Morgan fingerprint density at radius 1 is 0.855 bits per heavy atom. The Bertz CT molecular complexity index is 1430. The summed E-state index contributed by atoms with van der Waals surface area (Å²) >= 11 is 0. The number of esters is 1. The van der Waals surface area contributed by atoms with Crippen LogP contribution in [0.25, 0.3) is 0 Å². The van der Waals surface area contributed by atoms with Crippen LogP contribution in [0.2, 0.25) is 0 Å². The number of hydrogen-bond acceptors (Lipinski definition) is 15. The molecule has 0 spiro atoms. The fourth-order valence-electron chi connectivity index (χ4n) is 9.52. The second kappa shape index (κ2) is 16.3. The zero-order valence-electron chi connectivity index (χ0n) is 34.6. The quantitative estimate of drug-likeness (QED) is 0.287. The summed E-state index contributed by atoms with van der Waals surface area (Å²) in [6.07, 6.45) is -9.18. The van der Waals surface area contributed by atoms with E-state index in [0.717, 1.165) is 0 Å². The van der Waals surface area contributed by atoms with Crippen molar-refractivity contribution < 1.29 is 71.7 Å². The van der Waals surface area contributed by atoms with Gasteiger partial charge in [-0.3, -0.25) is 9.59 Å². The third-order valence-corrected chi connectivity index (χ3v) is 13.1. The highest BCUT2D eigenvalue weighted by Crippen LogP contribution is 2.44. The number of ether oxygens (including phenoxy) is 10. The number of Topliss-reactive ketones (excluding diaryl/α,β-unsaturated/α-hetero) is 1. The maximum Gasteiger partial charge on any atom is 0.509 e. The van der Waals surface area contributed by atoms with Gasteiger partial charge in [0.25, 0.3) is 0 Å². The van der Waals surface area contributed by atoms with Gasteiger partial charge < -0.3 is 57.4 Å². The lowest BCUT2D eigenvalue weighted by molar-refractivity contribution is -0.315. The van der Waals surface area contributed by atoms with Crippen molar-refractivity contribution in [2.24, 2.45) is 23.7 Å². The molecule has 5 heterocycles. The molecule has 5 rings (SSSR count). The van der Waals surface area contributed by atoms with Crippen LogP contribution in [0, 0.1) is 23.7 Å². The number of carbonyl (C=O) groups is 4. The highest BCUT2D eigenvalue weighted by Gasteiger charge is 2.60. The van der Waals surface area contributed by atoms with E-state index in [1.165, 1.54) is 14.2 Å². The summed E-state index contributed by atoms with van der Waals surface area (Å²) in [6, 6.07) is -0.321. The van der Waals surface area contributed by atoms with Crippen molar-refractivity contribution in [1.29, 1.82) is 0 Å². The van der Waals surface area contributed by atoms with E-state index < -0.39 is 114 Å². The average Bonchev–Trinajstić information content (AvgIpc) is 3.61. The molecule has 0 radical (unpaired) electrons. The minimum absolute atomic E-state index is 0.121. The number of amides is 1. The van der Waals surface area contributed by atoms with Crippen LogP contribution in [0.15, 0.2) is 0 Å². The Balaban J connectivity index is 1.62. The van der Waals surface area contributed by atoms with E-state index in [4.69, 9.17) is 47.4 Å². The van der Waals surface area contributed by atoms with Crippen LogP contribution in [0.1, 0.15) is 94.9 Å². The lowest BCUT2D eigenvalue weighted by Crippen LogP contribution is -2.60. The van der Waals surface area contributed by atoms with Gasteiger partial charge in [0.2, 0.25) is 0 Å². The maximum absolute atomic E-state index is 14.4. The summed E-state index contributed by atoms with van der Waals surface area (Å²) in [5.41, 5.74) is -3.77. The predicted molar refractivity (Wildman–Crippen MR) is 193 cm³/mol. The SMILES string of the molecule is CC[C@H]1OC(=O)[C@H](C)[C@@H](O[C@H]2C[C@@](C)(OC)[C@@H](O)[C@H](C)O2)[C@H](C)[C@@H](O[C@@H]2O[C@H](C)C[C@H]3[C@H]2OC(=O)N3C)[C@](C)(OC)C[C@@H](C)C(=O)[C@H](C)[C@H]2OC(=O)O[C@@]21C. The summed E-state index contributed by atoms with van der Waals surface area (Å²) < 4.78 is 61.7. The zero-order chi connectivity index (χ0) is 40.9. The van der Waals surface area contributed by atoms with Gasteiger partial charge in [0.1, 0.15) is 18.0 Å². The third-order valence-electron chi connectivity index (χ3n) is 13.1. The molecule has 55 heavy (non-hydrogen) atoms. The number of ketones is 1. The molecule has 5 aliphatic rings. The Hall–Kier alpha value is -2.60. The minimum atomic E-state index is -1.48. The van der Waals surface area contributed by atoms with Crippen molar-refractivity contribution in [2.75, 3.05) is 21.3 Å². The molecule has 0 aliphatic carbocycles. The molecule has 18 atom stereocenters. The van der Waals surface area contributed by atoms with Crippen LogP contribution in [0.3, 0.4) is 0 Å². The standard InChI is InChI=1S/C39H63NO15/c1-14-25-39(10)32(54-36(45)55-39)20(4)27(41)18(2)16-38(9,47-13)31(53-34-29-24(15-19(3)48-34)40(11)35(44)52-29)21(5)28(22(6)33(43)50-25)51-26-17-37(8,46-12)30(42)23(7)49-26/h18-26,28-32,34,42H,14-17H2,1-13H3/t18-,19-,20+,21+,22-,23+,24+,25-,26+,28+,29-,30+,31-,32-,34+,37-,38-,39-/m1/s1. The van der Waals surface area contributed by atoms with Crippen molar-refractivity contribution in [1.82, 2.24) is 4.90 Å². The molecule has 314 valence electrons. The number of hydrogen-bond donors (Lipinski definition) is 1. The molecule has 5 saturated heterocycles. The number of nitrogens with zero attached hydrogens (tertiary/aromatic N) is 1. The van der Waals surface area contributed by atoms with E-state index in [9.17, 15) is 24.3 Å². The predicted octanol–water partition coefficient (Wildman–Crippen LogP) is 4.15. The minimum Gasteiger partial charge on any atom is -0.458 e. The largest absolute Gasteiger partial charge is 0.509 e. The van der Waals surface area contributed by atoms with E-state index in [-0.39, 0.29) is 37.2 Å². The highest BCUT2D eigenvalue weighted by molar-refractivity contribution is 5.84. The first-order valence-corrected chi connectivity index (χ1v) is 19.6. The molecule has 16 nitrogen and oxygen atoms in total. The number of likely N-dealkylation sites (N-methyl/N-ethyl adjacent to an activating group) is 1. The third kappa shape index (κ3) is 8.11. The molecule has 0 saturated carbocycles. The van der Waals surface area contributed by atoms with Crippen molar-refractivity contribution in [3.8, 4) is 0 Å². The van der Waals surface area contributed by atoms with Gasteiger partial charge in [-0.15, -0.1) is 0 Å². The van der Waals surface area contributed by atoms with Crippen molar-refractivity contribution in [3.05, 3.63) is 0 Å². The molecule has 0 aromatic rings. The molecule has 5 aliphatic heterocycles. The second-order valence-corrected chi connectivity index (χ2v) is 17.0. The lowest BCUT2D eigenvalue weighted by Gasteiger charge is -2.49. The first-order valence-electron chi connectivity index (χ1n) is 19.6. The van der Waals surface area contributed by atoms with Gasteiger partial charge in [-0.1, -0.05) is 27.7 Å². The lowest BCUT2D eigenvalue weighted by atomic mass is 9.74. The van der Waals surface area contributed by atoms with Crippen LogP contribution < -0.4 is 0 Å². The number of rotatable bonds is 7.